The highest BCUT2D eigenvalue weighted by Gasteiger charge is 2.43. The summed E-state index contributed by atoms with van der Waals surface area (Å²) in [4.78, 5) is 6.01. The highest BCUT2D eigenvalue weighted by atomic mass is 28.3. The number of hydrogen-bond donors (Lipinski definition) is 1. The third-order valence-electron chi connectivity index (χ3n) is 3.82. The summed E-state index contributed by atoms with van der Waals surface area (Å²) in [5.74, 6) is 0. The molecule has 0 aromatic carbocycles. The largest absolute Gasteiger partial charge is 0.299 e. The zero-order valence-corrected chi connectivity index (χ0v) is 11.8. The molecule has 2 unspecified atom stereocenters. The average molecular weight is 229 g/mol. The molecule has 0 aliphatic carbocycles. The first-order chi connectivity index (χ1) is 7.29. The number of nitrogens with one attached hydrogen (secondary N) is 1. The first-order valence-corrected chi connectivity index (χ1v) is 8.91. The van der Waals surface area contributed by atoms with Gasteiger partial charge >= 0.3 is 0 Å². The van der Waals surface area contributed by atoms with Gasteiger partial charge in [-0.15, -0.1) is 0 Å². The zero-order chi connectivity index (χ0) is 11.1. The molecule has 0 bridgehead atoms. The minimum Gasteiger partial charge on any atom is -0.299 e. The van der Waals surface area contributed by atoms with Crippen molar-refractivity contribution in [1.82, 2.24) is 5.48 Å². The van der Waals surface area contributed by atoms with Crippen molar-refractivity contribution >= 4 is 8.80 Å². The fourth-order valence-corrected chi connectivity index (χ4v) is 7.24. The van der Waals surface area contributed by atoms with Crippen molar-refractivity contribution < 1.29 is 4.84 Å². The molecule has 0 aromatic rings. The fraction of sp³-hybridized carbons (Fsp3) is 1.00. The van der Waals surface area contributed by atoms with E-state index in [2.05, 4.69) is 26.3 Å². The molecule has 1 aliphatic heterocycles. The normalized spacial score (nSPS) is 31.0. The Hall–Kier alpha value is 0.137. The molecular formula is C12H27NOSi. The van der Waals surface area contributed by atoms with Crippen LogP contribution in [0.4, 0.5) is 0 Å². The third-order valence-corrected chi connectivity index (χ3v) is 8.33. The molecule has 1 N–H and O–H groups in total. The Morgan fingerprint density at radius 1 is 1.33 bits per heavy atom. The van der Waals surface area contributed by atoms with E-state index in [1.807, 2.05) is 0 Å². The third kappa shape index (κ3) is 3.30. The Morgan fingerprint density at radius 2 is 2.13 bits per heavy atom. The van der Waals surface area contributed by atoms with E-state index < -0.39 is 8.80 Å². The maximum absolute atomic E-state index is 6.01. The van der Waals surface area contributed by atoms with Crippen LogP contribution in [0.5, 0.6) is 0 Å². The van der Waals surface area contributed by atoms with Gasteiger partial charge in [0.15, 0.2) is 0 Å². The molecule has 0 saturated carbocycles. The lowest BCUT2D eigenvalue weighted by Gasteiger charge is -2.33. The molecule has 1 saturated heterocycles. The molecule has 1 heterocycles. The first kappa shape index (κ1) is 13.2. The smallest absolute Gasteiger partial charge is 0.0782 e. The molecule has 1 fully saturated rings. The molecule has 0 radical (unpaired) electrons. The molecule has 0 spiro atoms. The minimum atomic E-state index is -0.666. The van der Waals surface area contributed by atoms with Crippen LogP contribution in [-0.4, -0.2) is 20.6 Å². The Labute approximate surface area is 96.3 Å². The molecule has 0 aromatic heterocycles. The van der Waals surface area contributed by atoms with Gasteiger partial charge in [-0.1, -0.05) is 52.1 Å². The van der Waals surface area contributed by atoms with Gasteiger partial charge in [0, 0.05) is 6.54 Å². The van der Waals surface area contributed by atoms with Crippen LogP contribution >= 0.6 is 0 Å². The highest BCUT2D eigenvalue weighted by Crippen LogP contribution is 2.37. The second-order valence-corrected chi connectivity index (χ2v) is 8.35. The lowest BCUT2D eigenvalue weighted by atomic mass is 10.1. The maximum atomic E-state index is 6.01. The van der Waals surface area contributed by atoms with Crippen LogP contribution in [0.25, 0.3) is 0 Å². The summed E-state index contributed by atoms with van der Waals surface area (Å²) in [7, 11) is -0.666. The molecule has 15 heavy (non-hydrogen) atoms. The Kier molecular flexibility index (Phi) is 5.86. The molecule has 2 atom stereocenters. The number of hydrogen-bond acceptors (Lipinski definition) is 2. The monoisotopic (exact) mass is 229 g/mol. The van der Waals surface area contributed by atoms with Crippen molar-refractivity contribution in [1.29, 1.82) is 0 Å². The summed E-state index contributed by atoms with van der Waals surface area (Å²) in [5.41, 5.74) is 3.12. The minimum absolute atomic E-state index is 0.283. The van der Waals surface area contributed by atoms with Crippen molar-refractivity contribution in [2.45, 2.75) is 70.2 Å². The number of hydroxylamine groups is 1. The van der Waals surface area contributed by atoms with E-state index in [1.165, 1.54) is 44.2 Å². The summed E-state index contributed by atoms with van der Waals surface area (Å²) >= 11 is 0. The summed E-state index contributed by atoms with van der Waals surface area (Å²) in [6.07, 6.45) is 6.66. The van der Waals surface area contributed by atoms with E-state index in [9.17, 15) is 0 Å². The topological polar surface area (TPSA) is 21.3 Å². The predicted octanol–water partition coefficient (Wildman–Crippen LogP) is 3.04. The fourth-order valence-electron chi connectivity index (χ4n) is 2.86. The second-order valence-electron chi connectivity index (χ2n) is 4.75. The van der Waals surface area contributed by atoms with Crippen molar-refractivity contribution in [3.8, 4) is 0 Å². The van der Waals surface area contributed by atoms with Crippen LogP contribution < -0.4 is 5.48 Å². The van der Waals surface area contributed by atoms with E-state index in [-0.39, 0.29) is 5.22 Å². The quantitative estimate of drug-likeness (QED) is 0.535. The van der Waals surface area contributed by atoms with E-state index in [4.69, 9.17) is 4.84 Å². The van der Waals surface area contributed by atoms with Crippen LogP contribution in [0.15, 0.2) is 0 Å². The molecule has 3 heteroatoms. The number of rotatable bonds is 7. The summed E-state index contributed by atoms with van der Waals surface area (Å²) in [5, 5.41) is 0.283. The van der Waals surface area contributed by atoms with Gasteiger partial charge in [-0.2, -0.15) is 0 Å². The highest BCUT2D eigenvalue weighted by molar-refractivity contribution is 6.62. The lowest BCUT2D eigenvalue weighted by molar-refractivity contribution is -0.0580. The van der Waals surface area contributed by atoms with Crippen molar-refractivity contribution in [2.75, 3.05) is 6.54 Å². The summed E-state index contributed by atoms with van der Waals surface area (Å²) < 4.78 is 0. The zero-order valence-electron chi connectivity index (χ0n) is 10.6. The first-order valence-electron chi connectivity index (χ1n) is 6.70. The average Bonchev–Trinajstić information content (AvgIpc) is 2.67. The van der Waals surface area contributed by atoms with Gasteiger partial charge in [0.25, 0.3) is 0 Å². The van der Waals surface area contributed by atoms with Crippen LogP contribution in [0, 0.1) is 0 Å². The molecule has 90 valence electrons. The van der Waals surface area contributed by atoms with E-state index in [0.29, 0.717) is 0 Å². The van der Waals surface area contributed by atoms with E-state index >= 15 is 0 Å². The van der Waals surface area contributed by atoms with E-state index in [1.54, 1.807) is 0 Å². The molecular weight excluding hydrogens is 202 g/mol. The Morgan fingerprint density at radius 3 is 2.73 bits per heavy atom. The van der Waals surface area contributed by atoms with E-state index in [0.717, 1.165) is 6.54 Å². The van der Waals surface area contributed by atoms with Crippen LogP contribution in [0.2, 0.25) is 12.1 Å². The van der Waals surface area contributed by atoms with Crippen LogP contribution in [0.1, 0.15) is 52.9 Å². The van der Waals surface area contributed by atoms with Crippen LogP contribution in [0.3, 0.4) is 0 Å². The van der Waals surface area contributed by atoms with Gasteiger partial charge in [-0.05, 0) is 12.8 Å². The maximum Gasteiger partial charge on any atom is 0.0782 e. The SMILES string of the molecule is CCCC[SiH]1CCCC1(CC)ONCC. The Balaban J connectivity index is 2.51. The summed E-state index contributed by atoms with van der Waals surface area (Å²) in [6.45, 7) is 7.63. The van der Waals surface area contributed by atoms with Gasteiger partial charge in [0.2, 0.25) is 0 Å². The standard InChI is InChI=1S/C12H27NOSi/c1-4-7-10-15-11-8-9-12(15,5-2)14-13-6-3/h13,15H,4-11H2,1-3H3. The van der Waals surface area contributed by atoms with Gasteiger partial charge in [0.05, 0.1) is 14.0 Å². The van der Waals surface area contributed by atoms with Crippen LogP contribution in [-0.2, 0) is 4.84 Å². The Bertz CT molecular complexity index is 177. The van der Waals surface area contributed by atoms with Crippen molar-refractivity contribution in [3.63, 3.8) is 0 Å². The second kappa shape index (κ2) is 6.66. The lowest BCUT2D eigenvalue weighted by Crippen LogP contribution is -2.47. The van der Waals surface area contributed by atoms with Gasteiger partial charge < -0.3 is 0 Å². The molecule has 0 amide bonds. The van der Waals surface area contributed by atoms with Crippen molar-refractivity contribution in [2.24, 2.45) is 0 Å². The van der Waals surface area contributed by atoms with Crippen molar-refractivity contribution in [3.05, 3.63) is 0 Å². The predicted molar refractivity (Wildman–Crippen MR) is 68.7 cm³/mol. The number of unbranched alkanes of at least 4 members (excludes halogenated alkanes) is 1. The molecule has 1 aliphatic rings. The van der Waals surface area contributed by atoms with Gasteiger partial charge in [-0.3, -0.25) is 4.84 Å². The molecule has 1 rings (SSSR count). The van der Waals surface area contributed by atoms with Gasteiger partial charge in [-0.25, -0.2) is 5.48 Å². The molecule has 2 nitrogen and oxygen atoms in total. The van der Waals surface area contributed by atoms with Gasteiger partial charge in [0.1, 0.15) is 0 Å². The summed E-state index contributed by atoms with van der Waals surface area (Å²) in [6, 6.07) is 2.98.